The third-order valence-electron chi connectivity index (χ3n) is 4.68. The molecule has 27 heavy (non-hydrogen) atoms. The molecular weight excluding hydrogens is 342 g/mol. The van der Waals surface area contributed by atoms with E-state index in [9.17, 15) is 14.9 Å². The van der Waals surface area contributed by atoms with Gasteiger partial charge in [-0.2, -0.15) is 5.26 Å². The lowest BCUT2D eigenvalue weighted by Gasteiger charge is -2.34. The third-order valence-corrected chi connectivity index (χ3v) is 4.68. The molecule has 6 nitrogen and oxygen atoms in total. The van der Waals surface area contributed by atoms with Crippen LogP contribution in [0.5, 0.6) is 5.75 Å². The van der Waals surface area contributed by atoms with E-state index >= 15 is 0 Å². The van der Waals surface area contributed by atoms with Gasteiger partial charge in [0.2, 0.25) is 11.8 Å². The summed E-state index contributed by atoms with van der Waals surface area (Å²) in [5.41, 5.74) is 2.12. The molecule has 0 unspecified atom stereocenters. The minimum atomic E-state index is -0.165. The standard InChI is InChI=1S/C21H21N3O3/c1-27-18-9-6-16(7-10-18)8-11-20(25)23-12-13-24(21(26)15-23)19-5-3-2-4-17(19)14-22/h2-7,9-10H,8,11-13,15H2,1H3. The van der Waals surface area contributed by atoms with Gasteiger partial charge in [0.15, 0.2) is 0 Å². The molecule has 1 fully saturated rings. The normalized spacial score (nSPS) is 14.0. The molecule has 0 atom stereocenters. The van der Waals surface area contributed by atoms with Crippen LogP contribution in [0.4, 0.5) is 5.69 Å². The fourth-order valence-corrected chi connectivity index (χ4v) is 3.15. The monoisotopic (exact) mass is 363 g/mol. The molecule has 0 spiro atoms. The van der Waals surface area contributed by atoms with Crippen molar-refractivity contribution in [2.75, 3.05) is 31.6 Å². The van der Waals surface area contributed by atoms with Crippen LogP contribution in [0.15, 0.2) is 48.5 Å². The molecule has 138 valence electrons. The lowest BCUT2D eigenvalue weighted by Crippen LogP contribution is -2.52. The summed E-state index contributed by atoms with van der Waals surface area (Å²) in [5.74, 6) is 0.582. The van der Waals surface area contributed by atoms with Gasteiger partial charge in [-0.3, -0.25) is 9.59 Å². The maximum atomic E-state index is 12.5. The Kier molecular flexibility index (Phi) is 5.72. The number of rotatable bonds is 5. The van der Waals surface area contributed by atoms with Crippen molar-refractivity contribution in [2.45, 2.75) is 12.8 Å². The van der Waals surface area contributed by atoms with Crippen molar-refractivity contribution >= 4 is 17.5 Å². The van der Waals surface area contributed by atoms with E-state index in [1.54, 1.807) is 41.2 Å². The summed E-state index contributed by atoms with van der Waals surface area (Å²) in [6.45, 7) is 0.903. The number of hydrogen-bond acceptors (Lipinski definition) is 4. The number of aryl methyl sites for hydroxylation is 1. The van der Waals surface area contributed by atoms with Crippen LogP contribution >= 0.6 is 0 Å². The average Bonchev–Trinajstić information content (AvgIpc) is 2.72. The number of nitrogens with zero attached hydrogens (tertiary/aromatic N) is 3. The topological polar surface area (TPSA) is 73.6 Å². The summed E-state index contributed by atoms with van der Waals surface area (Å²) in [5, 5.41) is 9.23. The molecule has 0 aliphatic carbocycles. The Balaban J connectivity index is 1.58. The number of amides is 2. The molecule has 0 N–H and O–H groups in total. The molecule has 2 aromatic carbocycles. The van der Waals surface area contributed by atoms with Crippen molar-refractivity contribution < 1.29 is 14.3 Å². The second-order valence-electron chi connectivity index (χ2n) is 6.34. The van der Waals surface area contributed by atoms with Crippen molar-refractivity contribution in [2.24, 2.45) is 0 Å². The van der Waals surface area contributed by atoms with E-state index in [4.69, 9.17) is 4.74 Å². The average molecular weight is 363 g/mol. The van der Waals surface area contributed by atoms with Crippen molar-refractivity contribution in [3.05, 3.63) is 59.7 Å². The van der Waals surface area contributed by atoms with Crippen LogP contribution in [0.3, 0.4) is 0 Å². The Hall–Kier alpha value is -3.33. The van der Waals surface area contributed by atoms with Crippen LogP contribution in [0.25, 0.3) is 0 Å². The fourth-order valence-electron chi connectivity index (χ4n) is 3.15. The summed E-state index contributed by atoms with van der Waals surface area (Å²) in [4.78, 5) is 28.2. The molecule has 2 amide bonds. The predicted octanol–water partition coefficient (Wildman–Crippen LogP) is 2.37. The van der Waals surface area contributed by atoms with Gasteiger partial charge in [-0.25, -0.2) is 0 Å². The fraction of sp³-hybridized carbons (Fsp3) is 0.286. The first-order chi connectivity index (χ1) is 13.1. The predicted molar refractivity (Wildman–Crippen MR) is 101 cm³/mol. The number of benzene rings is 2. The second kappa shape index (κ2) is 8.37. The highest BCUT2D eigenvalue weighted by atomic mass is 16.5. The molecule has 0 aromatic heterocycles. The van der Waals surface area contributed by atoms with E-state index < -0.39 is 0 Å². The minimum Gasteiger partial charge on any atom is -0.497 e. The Morgan fingerprint density at radius 1 is 1.15 bits per heavy atom. The number of carbonyl (C=O) groups is 2. The maximum absolute atomic E-state index is 12.5. The highest BCUT2D eigenvalue weighted by molar-refractivity contribution is 5.98. The number of ether oxygens (including phenoxy) is 1. The molecule has 1 aliphatic heterocycles. The van der Waals surface area contributed by atoms with Gasteiger partial charge in [-0.1, -0.05) is 24.3 Å². The van der Waals surface area contributed by atoms with Gasteiger partial charge in [-0.05, 0) is 36.2 Å². The van der Waals surface area contributed by atoms with E-state index in [0.717, 1.165) is 11.3 Å². The third kappa shape index (κ3) is 4.26. The SMILES string of the molecule is COc1ccc(CCC(=O)N2CCN(c3ccccc3C#N)C(=O)C2)cc1. The van der Waals surface area contributed by atoms with Gasteiger partial charge in [0.25, 0.3) is 0 Å². The number of hydrogen-bond donors (Lipinski definition) is 0. The maximum Gasteiger partial charge on any atom is 0.246 e. The van der Waals surface area contributed by atoms with Crippen molar-refractivity contribution in [3.8, 4) is 11.8 Å². The summed E-state index contributed by atoms with van der Waals surface area (Å²) >= 11 is 0. The van der Waals surface area contributed by atoms with Crippen LogP contribution in [0, 0.1) is 11.3 Å². The summed E-state index contributed by atoms with van der Waals surface area (Å²) in [6, 6.07) is 16.7. The number of methoxy groups -OCH3 is 1. The molecule has 1 saturated heterocycles. The quantitative estimate of drug-likeness (QED) is 0.817. The zero-order valence-electron chi connectivity index (χ0n) is 15.2. The number of anilines is 1. The van der Waals surface area contributed by atoms with E-state index in [-0.39, 0.29) is 18.4 Å². The lowest BCUT2D eigenvalue weighted by atomic mass is 10.1. The summed E-state index contributed by atoms with van der Waals surface area (Å²) < 4.78 is 5.13. The Labute approximate surface area is 158 Å². The molecule has 3 rings (SSSR count). The van der Waals surface area contributed by atoms with Gasteiger partial charge < -0.3 is 14.5 Å². The molecule has 0 bridgehead atoms. The van der Waals surface area contributed by atoms with Gasteiger partial charge in [-0.15, -0.1) is 0 Å². The minimum absolute atomic E-state index is 0.0348. The molecule has 0 radical (unpaired) electrons. The van der Waals surface area contributed by atoms with Gasteiger partial charge in [0.1, 0.15) is 18.4 Å². The van der Waals surface area contributed by atoms with Crippen LogP contribution in [0.1, 0.15) is 17.5 Å². The summed E-state index contributed by atoms with van der Waals surface area (Å²) in [6.07, 6.45) is 0.975. The van der Waals surface area contributed by atoms with Crippen LogP contribution in [-0.4, -0.2) is 43.5 Å². The first-order valence-corrected chi connectivity index (χ1v) is 8.82. The van der Waals surface area contributed by atoms with Gasteiger partial charge in [0, 0.05) is 19.5 Å². The molecule has 1 aliphatic rings. The first-order valence-electron chi connectivity index (χ1n) is 8.82. The molecule has 2 aromatic rings. The van der Waals surface area contributed by atoms with Crippen LogP contribution < -0.4 is 9.64 Å². The number of piperazine rings is 1. The summed E-state index contributed by atoms with van der Waals surface area (Å²) in [7, 11) is 1.62. The largest absolute Gasteiger partial charge is 0.497 e. The molecule has 1 heterocycles. The second-order valence-corrected chi connectivity index (χ2v) is 6.34. The zero-order chi connectivity index (χ0) is 19.2. The van der Waals surface area contributed by atoms with E-state index in [1.165, 1.54) is 0 Å². The molecule has 0 saturated carbocycles. The zero-order valence-corrected chi connectivity index (χ0v) is 15.2. The smallest absolute Gasteiger partial charge is 0.246 e. The highest BCUT2D eigenvalue weighted by Crippen LogP contribution is 2.22. The first kappa shape index (κ1) is 18.5. The Bertz CT molecular complexity index is 871. The highest BCUT2D eigenvalue weighted by Gasteiger charge is 2.28. The van der Waals surface area contributed by atoms with Crippen molar-refractivity contribution in [1.29, 1.82) is 5.26 Å². The van der Waals surface area contributed by atoms with Crippen LogP contribution in [0.2, 0.25) is 0 Å². The van der Waals surface area contributed by atoms with Crippen molar-refractivity contribution in [1.82, 2.24) is 4.90 Å². The van der Waals surface area contributed by atoms with Gasteiger partial charge >= 0.3 is 0 Å². The van der Waals surface area contributed by atoms with Crippen LogP contribution in [-0.2, 0) is 16.0 Å². The number of carbonyl (C=O) groups excluding carboxylic acids is 2. The van der Waals surface area contributed by atoms with Crippen molar-refractivity contribution in [3.63, 3.8) is 0 Å². The van der Waals surface area contributed by atoms with E-state index in [2.05, 4.69) is 6.07 Å². The molecular formula is C21H21N3O3. The van der Waals surface area contributed by atoms with E-state index in [1.807, 2.05) is 24.3 Å². The lowest BCUT2D eigenvalue weighted by molar-refractivity contribution is -0.136. The Morgan fingerprint density at radius 3 is 2.56 bits per heavy atom. The van der Waals surface area contributed by atoms with E-state index in [0.29, 0.717) is 37.2 Å². The number of para-hydroxylation sites is 1. The Morgan fingerprint density at radius 2 is 1.89 bits per heavy atom. The molecule has 6 heteroatoms. The number of nitriles is 1. The van der Waals surface area contributed by atoms with Gasteiger partial charge in [0.05, 0.1) is 18.4 Å².